The Bertz CT molecular complexity index is 3560. The Morgan fingerprint density at radius 1 is 0.246 bits per heavy atom. The Morgan fingerprint density at radius 3 is 1.00 bits per heavy atom. The summed E-state index contributed by atoms with van der Waals surface area (Å²) in [6.45, 7) is 0. The third-order valence-electron chi connectivity index (χ3n) is 11.8. The Hall–Kier alpha value is -8.94. The highest BCUT2D eigenvalue weighted by atomic mass is 16.3. The van der Waals surface area contributed by atoms with Crippen molar-refractivity contribution in [3.8, 4) is 90.6 Å². The second-order valence-corrected chi connectivity index (χ2v) is 15.9. The summed E-state index contributed by atoms with van der Waals surface area (Å²) in [5.41, 5.74) is 11.5. The van der Waals surface area contributed by atoms with E-state index in [9.17, 15) is 0 Å². The fraction of sp³-hybridized carbons (Fsp3) is 0. The number of rotatable bonds is 8. The zero-order valence-electron chi connectivity index (χ0n) is 34.9. The Kier molecular flexibility index (Phi) is 9.34. The minimum atomic E-state index is 0.613. The summed E-state index contributed by atoms with van der Waals surface area (Å²) in [6.07, 6.45) is 0. The van der Waals surface area contributed by atoms with E-state index in [1.165, 1.54) is 0 Å². The van der Waals surface area contributed by atoms with Crippen LogP contribution in [0.5, 0.6) is 0 Å². The molecule has 12 aromatic rings. The van der Waals surface area contributed by atoms with Gasteiger partial charge >= 0.3 is 0 Å². The highest BCUT2D eigenvalue weighted by Gasteiger charge is 2.19. The van der Waals surface area contributed by atoms with Gasteiger partial charge in [-0.25, -0.2) is 29.9 Å². The largest absolute Gasteiger partial charge is 0.455 e. The van der Waals surface area contributed by atoms with Crippen LogP contribution in [-0.4, -0.2) is 29.9 Å². The summed E-state index contributed by atoms with van der Waals surface area (Å²) in [6, 6.07) is 74.2. The van der Waals surface area contributed by atoms with Crippen molar-refractivity contribution in [2.75, 3.05) is 0 Å². The number of aromatic nitrogens is 6. The average Bonchev–Trinajstić information content (AvgIpc) is 3.78. The number of fused-ring (bicyclic) bond motifs is 5. The first kappa shape index (κ1) is 37.8. The quantitative estimate of drug-likeness (QED) is 0.151. The van der Waals surface area contributed by atoms with Gasteiger partial charge in [0, 0.05) is 49.5 Å². The minimum absolute atomic E-state index is 0.613. The fourth-order valence-electron chi connectivity index (χ4n) is 8.60. The van der Waals surface area contributed by atoms with Crippen LogP contribution in [0.4, 0.5) is 0 Å². The van der Waals surface area contributed by atoms with Crippen LogP contribution in [0.15, 0.2) is 223 Å². The van der Waals surface area contributed by atoms with Crippen molar-refractivity contribution < 1.29 is 4.42 Å². The molecule has 7 nitrogen and oxygen atoms in total. The molecule has 9 aromatic carbocycles. The lowest BCUT2D eigenvalue weighted by Crippen LogP contribution is -2.00. The highest BCUT2D eigenvalue weighted by molar-refractivity contribution is 6.22. The van der Waals surface area contributed by atoms with Gasteiger partial charge in [0.15, 0.2) is 34.9 Å². The van der Waals surface area contributed by atoms with Gasteiger partial charge in [-0.05, 0) is 39.8 Å². The lowest BCUT2D eigenvalue weighted by atomic mass is 9.93. The molecule has 65 heavy (non-hydrogen) atoms. The molecular weight excluding hydrogens is 797 g/mol. The van der Waals surface area contributed by atoms with E-state index in [-0.39, 0.29) is 0 Å². The molecule has 7 heteroatoms. The van der Waals surface area contributed by atoms with Crippen molar-refractivity contribution in [3.63, 3.8) is 0 Å². The van der Waals surface area contributed by atoms with Gasteiger partial charge < -0.3 is 4.42 Å². The maximum absolute atomic E-state index is 6.75. The van der Waals surface area contributed by atoms with Crippen molar-refractivity contribution in [2.24, 2.45) is 0 Å². The summed E-state index contributed by atoms with van der Waals surface area (Å²) in [4.78, 5) is 29.6. The summed E-state index contributed by atoms with van der Waals surface area (Å²) in [5.74, 6) is 3.75. The second kappa shape index (κ2) is 16.1. The standard InChI is InChI=1S/C58H36N6O/c1-5-16-39(17-6-1)53-59-54(40-18-7-2-8-19-40)62-57(61-53)43-32-28-37(29-33-43)45-26-15-27-50-51(45)49-36-48(46-24-13-14-25-47(46)52(49)65-50)38-30-34-44(35-31-38)58-63-55(41-20-9-3-10-21-41)60-56(64-58)42-22-11-4-12-23-42/h1-36H. The monoisotopic (exact) mass is 832 g/mol. The van der Waals surface area contributed by atoms with E-state index in [4.69, 9.17) is 34.3 Å². The lowest BCUT2D eigenvalue weighted by Gasteiger charge is -2.11. The van der Waals surface area contributed by atoms with E-state index in [0.717, 1.165) is 88.3 Å². The van der Waals surface area contributed by atoms with Crippen LogP contribution in [0.2, 0.25) is 0 Å². The van der Waals surface area contributed by atoms with Crippen LogP contribution in [0, 0.1) is 0 Å². The van der Waals surface area contributed by atoms with Crippen LogP contribution in [0.1, 0.15) is 0 Å². The van der Waals surface area contributed by atoms with Gasteiger partial charge in [0.05, 0.1) is 0 Å². The van der Waals surface area contributed by atoms with Crippen molar-refractivity contribution in [1.82, 2.24) is 29.9 Å². The fourth-order valence-corrected chi connectivity index (χ4v) is 8.60. The molecule has 0 atom stereocenters. The molecule has 304 valence electrons. The van der Waals surface area contributed by atoms with Crippen molar-refractivity contribution in [3.05, 3.63) is 218 Å². The molecule has 12 rings (SSSR count). The van der Waals surface area contributed by atoms with Crippen molar-refractivity contribution >= 4 is 32.7 Å². The summed E-state index contributed by atoms with van der Waals surface area (Å²) in [5, 5.41) is 4.27. The molecule has 3 heterocycles. The van der Waals surface area contributed by atoms with Crippen LogP contribution >= 0.6 is 0 Å². The summed E-state index contributed by atoms with van der Waals surface area (Å²) < 4.78 is 6.75. The van der Waals surface area contributed by atoms with Gasteiger partial charge in [0.1, 0.15) is 11.2 Å². The van der Waals surface area contributed by atoms with Gasteiger partial charge in [-0.2, -0.15) is 0 Å². The Labute approximate surface area is 374 Å². The van der Waals surface area contributed by atoms with Gasteiger partial charge in [-0.15, -0.1) is 0 Å². The molecule has 0 amide bonds. The second-order valence-electron chi connectivity index (χ2n) is 15.9. The predicted octanol–water partition coefficient (Wildman–Crippen LogP) is 14.4. The summed E-state index contributed by atoms with van der Waals surface area (Å²) in [7, 11) is 0. The zero-order valence-corrected chi connectivity index (χ0v) is 34.9. The van der Waals surface area contributed by atoms with Gasteiger partial charge in [-0.1, -0.05) is 206 Å². The first-order valence-corrected chi connectivity index (χ1v) is 21.5. The predicted molar refractivity (Wildman–Crippen MR) is 261 cm³/mol. The van der Waals surface area contributed by atoms with E-state index < -0.39 is 0 Å². The zero-order chi connectivity index (χ0) is 43.1. The van der Waals surface area contributed by atoms with Gasteiger partial charge in [0.2, 0.25) is 0 Å². The first-order valence-electron chi connectivity index (χ1n) is 21.5. The first-order chi connectivity index (χ1) is 32.2. The van der Waals surface area contributed by atoms with E-state index >= 15 is 0 Å². The molecule has 0 aliphatic carbocycles. The van der Waals surface area contributed by atoms with Crippen LogP contribution in [0.25, 0.3) is 123 Å². The Balaban J connectivity index is 0.945. The highest BCUT2D eigenvalue weighted by Crippen LogP contribution is 2.43. The third kappa shape index (κ3) is 7.07. The van der Waals surface area contributed by atoms with Crippen LogP contribution in [0.3, 0.4) is 0 Å². The molecule has 0 radical (unpaired) electrons. The molecule has 0 aliphatic rings. The lowest BCUT2D eigenvalue weighted by molar-refractivity contribution is 0.673. The topological polar surface area (TPSA) is 90.5 Å². The van der Waals surface area contributed by atoms with Crippen LogP contribution in [-0.2, 0) is 0 Å². The van der Waals surface area contributed by atoms with Crippen LogP contribution < -0.4 is 0 Å². The normalized spacial score (nSPS) is 11.4. The maximum Gasteiger partial charge on any atom is 0.164 e. The number of hydrogen-bond donors (Lipinski definition) is 0. The number of nitrogens with zero attached hydrogens (tertiary/aromatic N) is 6. The number of benzene rings is 9. The third-order valence-corrected chi connectivity index (χ3v) is 11.8. The molecule has 0 spiro atoms. The summed E-state index contributed by atoms with van der Waals surface area (Å²) >= 11 is 0. The Morgan fingerprint density at radius 2 is 0.585 bits per heavy atom. The van der Waals surface area contributed by atoms with E-state index in [0.29, 0.717) is 34.9 Å². The molecule has 0 saturated carbocycles. The molecule has 0 fully saturated rings. The smallest absolute Gasteiger partial charge is 0.164 e. The molecule has 0 saturated heterocycles. The van der Waals surface area contributed by atoms with Crippen molar-refractivity contribution in [1.29, 1.82) is 0 Å². The SMILES string of the molecule is c1ccc(-c2nc(-c3ccccc3)nc(-c3ccc(-c4cc5c(oc6cccc(-c7ccc(-c8nc(-c9ccccc9)nc(-c9ccccc9)n8)cc7)c65)c5ccccc45)cc3)n2)cc1. The molecular formula is C58H36N6O. The minimum Gasteiger partial charge on any atom is -0.455 e. The molecule has 0 unspecified atom stereocenters. The van der Waals surface area contributed by atoms with E-state index in [1.54, 1.807) is 0 Å². The molecule has 0 N–H and O–H groups in total. The molecule has 0 aliphatic heterocycles. The molecule has 3 aromatic heterocycles. The number of furan rings is 1. The van der Waals surface area contributed by atoms with Gasteiger partial charge in [0.25, 0.3) is 0 Å². The van der Waals surface area contributed by atoms with Gasteiger partial charge in [-0.3, -0.25) is 0 Å². The van der Waals surface area contributed by atoms with Crippen molar-refractivity contribution in [2.45, 2.75) is 0 Å². The number of hydrogen-bond acceptors (Lipinski definition) is 7. The maximum atomic E-state index is 6.75. The average molecular weight is 833 g/mol. The molecule has 0 bridgehead atoms. The van der Waals surface area contributed by atoms with E-state index in [2.05, 4.69) is 97.1 Å². The van der Waals surface area contributed by atoms with E-state index in [1.807, 2.05) is 121 Å².